The number of aryl methyl sites for hydroxylation is 1. The minimum absolute atomic E-state index is 0.0767. The van der Waals surface area contributed by atoms with Gasteiger partial charge < -0.3 is 10.0 Å². The van der Waals surface area contributed by atoms with Crippen LogP contribution in [-0.2, 0) is 11.2 Å². The number of allylic oxidation sites excluding steroid dienone is 3. The van der Waals surface area contributed by atoms with Crippen molar-refractivity contribution in [2.45, 2.75) is 19.8 Å². The number of rotatable bonds is 3. The van der Waals surface area contributed by atoms with Gasteiger partial charge in [0.2, 0.25) is 0 Å². The van der Waals surface area contributed by atoms with Gasteiger partial charge in [-0.2, -0.15) is 0 Å². The normalized spacial score (nSPS) is 14.8. The summed E-state index contributed by atoms with van der Waals surface area (Å²) in [5, 5.41) is 9.01. The second kappa shape index (κ2) is 6.19. The summed E-state index contributed by atoms with van der Waals surface area (Å²) in [6.45, 7) is 2.55. The van der Waals surface area contributed by atoms with E-state index >= 15 is 0 Å². The number of amides is 1. The molecule has 104 valence electrons. The Hall–Kier alpha value is -2.36. The van der Waals surface area contributed by atoms with E-state index in [0.29, 0.717) is 6.54 Å². The first-order valence-corrected chi connectivity index (χ1v) is 6.60. The molecule has 1 amide bonds. The van der Waals surface area contributed by atoms with Crippen molar-refractivity contribution in [2.24, 2.45) is 0 Å². The number of aromatic carboxylic acids is 1. The maximum absolute atomic E-state index is 12.1. The molecule has 0 bridgehead atoms. The number of carboxylic acid groups (broad SMARTS) is 1. The summed E-state index contributed by atoms with van der Waals surface area (Å²) in [5.41, 5.74) is 2.00. The van der Waals surface area contributed by atoms with E-state index in [1.165, 1.54) is 6.08 Å². The van der Waals surface area contributed by atoms with Crippen LogP contribution >= 0.6 is 0 Å². The van der Waals surface area contributed by atoms with Crippen molar-refractivity contribution >= 4 is 17.6 Å². The predicted molar refractivity (Wildman–Crippen MR) is 78.0 cm³/mol. The van der Waals surface area contributed by atoms with E-state index in [2.05, 4.69) is 0 Å². The Bertz CT molecular complexity index is 587. The fourth-order valence-corrected chi connectivity index (χ4v) is 2.30. The minimum Gasteiger partial charge on any atom is -0.478 e. The summed E-state index contributed by atoms with van der Waals surface area (Å²) < 4.78 is 0. The van der Waals surface area contributed by atoms with Crippen LogP contribution < -0.4 is 4.90 Å². The van der Waals surface area contributed by atoms with E-state index < -0.39 is 5.97 Å². The van der Waals surface area contributed by atoms with Crippen molar-refractivity contribution < 1.29 is 14.7 Å². The average Bonchev–Trinajstić information content (AvgIpc) is 2.46. The van der Waals surface area contributed by atoms with Gasteiger partial charge in [0.1, 0.15) is 0 Å². The highest BCUT2D eigenvalue weighted by molar-refractivity contribution is 6.02. The van der Waals surface area contributed by atoms with Crippen LogP contribution in [0, 0.1) is 0 Å². The fourth-order valence-electron chi connectivity index (χ4n) is 2.30. The molecule has 1 aliphatic heterocycles. The molecule has 1 heterocycles. The summed E-state index contributed by atoms with van der Waals surface area (Å²) >= 11 is 0. The Labute approximate surface area is 118 Å². The summed E-state index contributed by atoms with van der Waals surface area (Å²) in [4.78, 5) is 24.8. The molecule has 0 saturated heterocycles. The van der Waals surface area contributed by atoms with Crippen molar-refractivity contribution in [1.82, 2.24) is 0 Å². The highest BCUT2D eigenvalue weighted by Gasteiger charge is 2.21. The number of nitrogens with zero attached hydrogens (tertiary/aromatic N) is 1. The smallest absolute Gasteiger partial charge is 0.335 e. The molecule has 20 heavy (non-hydrogen) atoms. The van der Waals surface area contributed by atoms with Crippen molar-refractivity contribution in [1.29, 1.82) is 0 Å². The van der Waals surface area contributed by atoms with Gasteiger partial charge in [-0.3, -0.25) is 4.79 Å². The summed E-state index contributed by atoms with van der Waals surface area (Å²) in [7, 11) is 0. The molecule has 0 fully saturated rings. The number of hydrogen-bond acceptors (Lipinski definition) is 2. The third kappa shape index (κ3) is 2.96. The number of carbonyl (C=O) groups is 2. The second-order valence-corrected chi connectivity index (χ2v) is 4.63. The van der Waals surface area contributed by atoms with Crippen molar-refractivity contribution in [3.63, 3.8) is 0 Å². The van der Waals surface area contributed by atoms with Crippen molar-refractivity contribution in [3.8, 4) is 0 Å². The number of fused-ring (bicyclic) bond motifs is 1. The van der Waals surface area contributed by atoms with E-state index in [4.69, 9.17) is 5.11 Å². The molecule has 1 aromatic carbocycles. The van der Waals surface area contributed by atoms with Gasteiger partial charge in [0, 0.05) is 18.3 Å². The van der Waals surface area contributed by atoms with Gasteiger partial charge in [0.05, 0.1) is 5.56 Å². The first-order valence-electron chi connectivity index (χ1n) is 6.60. The van der Waals surface area contributed by atoms with E-state index in [-0.39, 0.29) is 11.5 Å². The van der Waals surface area contributed by atoms with E-state index in [1.54, 1.807) is 35.3 Å². The van der Waals surface area contributed by atoms with Gasteiger partial charge in [0.15, 0.2) is 0 Å². The molecular weight excluding hydrogens is 254 g/mol. The monoisotopic (exact) mass is 271 g/mol. The maximum atomic E-state index is 12.1. The Balaban J connectivity index is 2.28. The molecule has 0 radical (unpaired) electrons. The van der Waals surface area contributed by atoms with Crippen LogP contribution in [0.3, 0.4) is 0 Å². The Morgan fingerprint density at radius 1 is 1.30 bits per heavy atom. The number of anilines is 1. The van der Waals surface area contributed by atoms with Crippen LogP contribution in [0.5, 0.6) is 0 Å². The number of benzene rings is 1. The lowest BCUT2D eigenvalue weighted by atomic mass is 9.99. The molecule has 0 aromatic heterocycles. The van der Waals surface area contributed by atoms with Crippen LogP contribution in [0.2, 0.25) is 0 Å². The Kier molecular flexibility index (Phi) is 4.35. The highest BCUT2D eigenvalue weighted by Crippen LogP contribution is 2.28. The lowest BCUT2D eigenvalue weighted by Gasteiger charge is -2.28. The topological polar surface area (TPSA) is 57.6 Å². The van der Waals surface area contributed by atoms with E-state index in [9.17, 15) is 9.59 Å². The number of carboxylic acids is 1. The molecule has 0 atom stereocenters. The first-order chi connectivity index (χ1) is 9.63. The van der Waals surface area contributed by atoms with E-state index in [0.717, 1.165) is 24.1 Å². The molecule has 4 heteroatoms. The Morgan fingerprint density at radius 2 is 2.10 bits per heavy atom. The zero-order valence-corrected chi connectivity index (χ0v) is 11.4. The molecule has 4 nitrogen and oxygen atoms in total. The van der Waals surface area contributed by atoms with Crippen LogP contribution in [0.15, 0.2) is 42.5 Å². The molecule has 0 unspecified atom stereocenters. The third-order valence-corrected chi connectivity index (χ3v) is 3.25. The summed E-state index contributed by atoms with van der Waals surface area (Å²) in [5.74, 6) is -1.02. The predicted octanol–water partition coefficient (Wildman–Crippen LogP) is 2.80. The summed E-state index contributed by atoms with van der Waals surface area (Å²) in [6, 6.07) is 4.93. The fraction of sp³-hybridized carbons (Fsp3) is 0.250. The third-order valence-electron chi connectivity index (χ3n) is 3.25. The second-order valence-electron chi connectivity index (χ2n) is 4.63. The molecule has 1 aromatic rings. The van der Waals surface area contributed by atoms with Gasteiger partial charge >= 0.3 is 5.97 Å². The van der Waals surface area contributed by atoms with Gasteiger partial charge in [-0.15, -0.1) is 0 Å². The molecule has 0 spiro atoms. The lowest BCUT2D eigenvalue weighted by Crippen LogP contribution is -2.34. The SMILES string of the molecule is C/C=C/C=C/C(=O)N1CCCc2cc(C(=O)O)ccc21. The average molecular weight is 271 g/mol. The van der Waals surface area contributed by atoms with Crippen molar-refractivity contribution in [3.05, 3.63) is 53.6 Å². The lowest BCUT2D eigenvalue weighted by molar-refractivity contribution is -0.114. The molecule has 1 N–H and O–H groups in total. The van der Waals surface area contributed by atoms with Crippen molar-refractivity contribution in [2.75, 3.05) is 11.4 Å². The quantitative estimate of drug-likeness (QED) is 0.679. The van der Waals surface area contributed by atoms with E-state index in [1.807, 2.05) is 13.0 Å². The molecule has 0 saturated carbocycles. The number of hydrogen-bond donors (Lipinski definition) is 1. The zero-order valence-electron chi connectivity index (χ0n) is 11.4. The van der Waals surface area contributed by atoms with Gasteiger partial charge in [-0.1, -0.05) is 18.2 Å². The van der Waals surface area contributed by atoms with Crippen LogP contribution in [-0.4, -0.2) is 23.5 Å². The van der Waals surface area contributed by atoms with Gasteiger partial charge in [-0.25, -0.2) is 4.79 Å². The first kappa shape index (κ1) is 14.1. The minimum atomic E-state index is -0.941. The zero-order chi connectivity index (χ0) is 14.5. The molecular formula is C16H17NO3. The van der Waals surface area contributed by atoms with Gasteiger partial charge in [0.25, 0.3) is 5.91 Å². The van der Waals surface area contributed by atoms with Gasteiger partial charge in [-0.05, 0) is 43.5 Å². The molecule has 0 aliphatic carbocycles. The van der Waals surface area contributed by atoms with Crippen LogP contribution in [0.25, 0.3) is 0 Å². The maximum Gasteiger partial charge on any atom is 0.335 e. The number of carbonyl (C=O) groups excluding carboxylic acids is 1. The molecule has 2 rings (SSSR count). The standard InChI is InChI=1S/C16H17NO3/c1-2-3-4-7-15(18)17-10-5-6-12-11-13(16(19)20)8-9-14(12)17/h2-4,7-9,11H,5-6,10H2,1H3,(H,19,20)/b3-2+,7-4+. The largest absolute Gasteiger partial charge is 0.478 e. The Morgan fingerprint density at radius 3 is 2.80 bits per heavy atom. The molecule has 1 aliphatic rings. The summed E-state index contributed by atoms with van der Waals surface area (Å²) in [6.07, 6.45) is 8.55. The van der Waals surface area contributed by atoms with Crippen LogP contribution in [0.1, 0.15) is 29.3 Å². The highest BCUT2D eigenvalue weighted by atomic mass is 16.4. The van der Waals surface area contributed by atoms with Crippen LogP contribution in [0.4, 0.5) is 5.69 Å².